The Bertz CT molecular complexity index is 121. The number of rotatable bonds is 7. The van der Waals surface area contributed by atoms with E-state index in [9.17, 15) is 9.18 Å². The molecule has 0 aliphatic rings. The summed E-state index contributed by atoms with van der Waals surface area (Å²) in [5, 5.41) is 0. The first-order chi connectivity index (χ1) is 5.74. The van der Waals surface area contributed by atoms with Crippen molar-refractivity contribution < 1.29 is 18.7 Å². The van der Waals surface area contributed by atoms with Crippen LogP contribution in [-0.4, -0.2) is 32.0 Å². The summed E-state index contributed by atoms with van der Waals surface area (Å²) in [7, 11) is 0. The third-order valence-corrected chi connectivity index (χ3v) is 1.25. The van der Waals surface area contributed by atoms with Gasteiger partial charge in [-0.3, -0.25) is 4.79 Å². The Labute approximate surface area is 71.8 Å². The third-order valence-electron chi connectivity index (χ3n) is 1.25. The van der Waals surface area contributed by atoms with Gasteiger partial charge >= 0.3 is 0 Å². The highest BCUT2D eigenvalue weighted by molar-refractivity contribution is 5.79. The van der Waals surface area contributed by atoms with Crippen molar-refractivity contribution in [3.63, 3.8) is 0 Å². The molecule has 12 heavy (non-hydrogen) atoms. The number of ketones is 1. The number of hydrogen-bond donors (Lipinski definition) is 0. The summed E-state index contributed by atoms with van der Waals surface area (Å²) in [5.41, 5.74) is 0. The van der Waals surface area contributed by atoms with Crippen LogP contribution in [0.5, 0.6) is 0 Å². The van der Waals surface area contributed by atoms with E-state index in [2.05, 4.69) is 0 Å². The van der Waals surface area contributed by atoms with Gasteiger partial charge in [-0.1, -0.05) is 0 Å². The first kappa shape index (κ1) is 11.5. The molecule has 0 atom stereocenters. The predicted molar refractivity (Wildman–Crippen MR) is 42.6 cm³/mol. The number of carbonyl (C=O) groups excluding carboxylic acids is 1. The lowest BCUT2D eigenvalue weighted by atomic mass is 10.3. The molecular weight excluding hydrogens is 163 g/mol. The maximum atomic E-state index is 11.8. The first-order valence-electron chi connectivity index (χ1n) is 4.05. The van der Waals surface area contributed by atoms with E-state index in [0.717, 1.165) is 0 Å². The van der Waals surface area contributed by atoms with E-state index < -0.39 is 18.7 Å². The summed E-state index contributed by atoms with van der Waals surface area (Å²) in [6, 6.07) is 0. The van der Waals surface area contributed by atoms with Crippen molar-refractivity contribution in [1.29, 1.82) is 0 Å². The first-order valence-corrected chi connectivity index (χ1v) is 4.05. The zero-order chi connectivity index (χ0) is 9.40. The van der Waals surface area contributed by atoms with Crippen molar-refractivity contribution in [2.75, 3.05) is 19.9 Å². The largest absolute Gasteiger partial charge is 0.352 e. The summed E-state index contributed by atoms with van der Waals surface area (Å²) in [4.78, 5) is 10.6. The van der Waals surface area contributed by atoms with Gasteiger partial charge in [0.15, 0.2) is 12.1 Å². The van der Waals surface area contributed by atoms with Crippen molar-refractivity contribution in [2.24, 2.45) is 0 Å². The Morgan fingerprint density at radius 3 is 2.17 bits per heavy atom. The second-order valence-electron chi connectivity index (χ2n) is 2.22. The molecule has 0 heterocycles. The average Bonchev–Trinajstić information content (AvgIpc) is 2.05. The third kappa shape index (κ3) is 5.21. The summed E-state index contributed by atoms with van der Waals surface area (Å²) in [6.45, 7) is 3.57. The fourth-order valence-corrected chi connectivity index (χ4v) is 0.778. The Hall–Kier alpha value is -0.480. The van der Waals surface area contributed by atoms with Crippen molar-refractivity contribution in [3.05, 3.63) is 0 Å². The van der Waals surface area contributed by atoms with Gasteiger partial charge in [-0.2, -0.15) is 0 Å². The van der Waals surface area contributed by atoms with E-state index in [0.29, 0.717) is 13.2 Å². The minimum absolute atomic E-state index is 0.00181. The van der Waals surface area contributed by atoms with Crippen molar-refractivity contribution in [2.45, 2.75) is 26.6 Å². The van der Waals surface area contributed by atoms with Crippen LogP contribution in [0.3, 0.4) is 0 Å². The highest BCUT2D eigenvalue weighted by Gasteiger charge is 2.12. The van der Waals surface area contributed by atoms with Gasteiger partial charge < -0.3 is 9.47 Å². The molecular formula is C8H15FO3. The molecule has 0 aromatic carbocycles. The van der Waals surface area contributed by atoms with Gasteiger partial charge in [0.2, 0.25) is 0 Å². The second kappa shape index (κ2) is 7.18. The summed E-state index contributed by atoms with van der Waals surface area (Å²) < 4.78 is 21.9. The Kier molecular flexibility index (Phi) is 6.90. The van der Waals surface area contributed by atoms with Crippen LogP contribution in [0.15, 0.2) is 0 Å². The lowest BCUT2D eigenvalue weighted by Gasteiger charge is -2.14. The van der Waals surface area contributed by atoms with Gasteiger partial charge in [0.25, 0.3) is 0 Å². The van der Waals surface area contributed by atoms with Gasteiger partial charge in [0, 0.05) is 13.2 Å². The molecule has 3 nitrogen and oxygen atoms in total. The van der Waals surface area contributed by atoms with Crippen LogP contribution in [0.1, 0.15) is 20.3 Å². The van der Waals surface area contributed by atoms with E-state index in [4.69, 9.17) is 9.47 Å². The van der Waals surface area contributed by atoms with Gasteiger partial charge in [-0.15, -0.1) is 0 Å². The summed E-state index contributed by atoms with van der Waals surface area (Å²) in [5.74, 6) is -0.484. The molecule has 0 aliphatic carbocycles. The van der Waals surface area contributed by atoms with Crippen LogP contribution >= 0.6 is 0 Å². The van der Waals surface area contributed by atoms with Crippen LogP contribution in [-0.2, 0) is 14.3 Å². The minimum atomic E-state index is -0.948. The molecule has 4 heteroatoms. The second-order valence-corrected chi connectivity index (χ2v) is 2.22. The zero-order valence-electron chi connectivity index (χ0n) is 7.51. The highest BCUT2D eigenvalue weighted by Crippen LogP contribution is 2.01. The number of carbonyl (C=O) groups is 1. The lowest BCUT2D eigenvalue weighted by Crippen LogP contribution is -2.22. The number of Topliss-reactive ketones (excluding diaryl/α,β-unsaturated/α-hetero) is 1. The maximum absolute atomic E-state index is 11.8. The van der Waals surface area contributed by atoms with E-state index in [1.807, 2.05) is 0 Å². The molecule has 0 bridgehead atoms. The van der Waals surface area contributed by atoms with Crippen LogP contribution in [0.25, 0.3) is 0 Å². The fraction of sp³-hybridized carbons (Fsp3) is 0.875. The molecule has 0 radical (unpaired) electrons. The van der Waals surface area contributed by atoms with Crippen LogP contribution in [0.2, 0.25) is 0 Å². The molecule has 0 N–H and O–H groups in total. The monoisotopic (exact) mass is 178 g/mol. The SMILES string of the molecule is CCOC(CC(=O)CF)OCC. The van der Waals surface area contributed by atoms with Crippen LogP contribution in [0.4, 0.5) is 4.39 Å². The molecule has 0 unspecified atom stereocenters. The fourth-order valence-electron chi connectivity index (χ4n) is 0.778. The predicted octanol–water partition coefficient (Wildman–Crippen LogP) is 1.31. The van der Waals surface area contributed by atoms with Crippen LogP contribution in [0, 0.1) is 0 Å². The maximum Gasteiger partial charge on any atom is 0.168 e. The molecule has 0 aromatic rings. The standard InChI is InChI=1S/C8H15FO3/c1-3-11-8(12-4-2)5-7(10)6-9/h8H,3-6H2,1-2H3. The Balaban J connectivity index is 3.68. The topological polar surface area (TPSA) is 35.5 Å². The number of hydrogen-bond acceptors (Lipinski definition) is 3. The lowest BCUT2D eigenvalue weighted by molar-refractivity contribution is -0.152. The van der Waals surface area contributed by atoms with E-state index >= 15 is 0 Å². The highest BCUT2D eigenvalue weighted by atomic mass is 19.1. The molecule has 0 saturated heterocycles. The molecule has 72 valence electrons. The minimum Gasteiger partial charge on any atom is -0.352 e. The Morgan fingerprint density at radius 1 is 1.33 bits per heavy atom. The zero-order valence-corrected chi connectivity index (χ0v) is 7.51. The summed E-state index contributed by atoms with van der Waals surface area (Å²) in [6.07, 6.45) is -0.582. The molecule has 0 rings (SSSR count). The van der Waals surface area contributed by atoms with Gasteiger partial charge in [0.1, 0.15) is 6.67 Å². The Morgan fingerprint density at radius 2 is 1.83 bits per heavy atom. The number of ether oxygens (including phenoxy) is 2. The smallest absolute Gasteiger partial charge is 0.168 e. The number of halogens is 1. The van der Waals surface area contributed by atoms with Gasteiger partial charge in [-0.05, 0) is 13.8 Å². The van der Waals surface area contributed by atoms with E-state index in [-0.39, 0.29) is 6.42 Å². The summed E-state index contributed by atoms with van der Waals surface area (Å²) >= 11 is 0. The normalized spacial score (nSPS) is 10.7. The average molecular weight is 178 g/mol. The van der Waals surface area contributed by atoms with Crippen molar-refractivity contribution in [1.82, 2.24) is 0 Å². The van der Waals surface area contributed by atoms with E-state index in [1.165, 1.54) is 0 Å². The molecule has 0 aromatic heterocycles. The molecule has 0 saturated carbocycles. The quantitative estimate of drug-likeness (QED) is 0.551. The van der Waals surface area contributed by atoms with Crippen molar-refractivity contribution in [3.8, 4) is 0 Å². The molecule has 0 spiro atoms. The molecule has 0 fully saturated rings. The van der Waals surface area contributed by atoms with E-state index in [1.54, 1.807) is 13.8 Å². The van der Waals surface area contributed by atoms with Gasteiger partial charge in [0.05, 0.1) is 6.42 Å². The molecule has 0 aliphatic heterocycles. The van der Waals surface area contributed by atoms with Gasteiger partial charge in [-0.25, -0.2) is 4.39 Å². The van der Waals surface area contributed by atoms with Crippen LogP contribution < -0.4 is 0 Å². The molecule has 0 amide bonds. The van der Waals surface area contributed by atoms with Crippen molar-refractivity contribution >= 4 is 5.78 Å². The number of alkyl halides is 1.